The molecule has 1 aromatic carbocycles. The van der Waals surface area contributed by atoms with Crippen molar-refractivity contribution < 1.29 is 33.5 Å². The van der Waals surface area contributed by atoms with Crippen molar-refractivity contribution in [3.8, 4) is 0 Å². The number of fused-ring (bicyclic) bond motifs is 1. The highest BCUT2D eigenvalue weighted by atomic mass is 16.5. The molecule has 3 aliphatic heterocycles. The van der Waals surface area contributed by atoms with Gasteiger partial charge < -0.3 is 10.1 Å². The van der Waals surface area contributed by atoms with Crippen molar-refractivity contribution in [2.45, 2.75) is 44.7 Å². The number of benzene rings is 1. The average Bonchev–Trinajstić information content (AvgIpc) is 3.40. The van der Waals surface area contributed by atoms with Crippen LogP contribution in [0.4, 0.5) is 0 Å². The van der Waals surface area contributed by atoms with Crippen molar-refractivity contribution in [1.82, 2.24) is 20.0 Å². The normalized spacial score (nSPS) is 21.6. The minimum Gasteiger partial charge on any atom is -0.442 e. The van der Waals surface area contributed by atoms with E-state index in [0.29, 0.717) is 0 Å². The molecule has 0 aromatic heterocycles. The molecule has 1 aromatic rings. The first-order valence-electron chi connectivity index (χ1n) is 11.3. The van der Waals surface area contributed by atoms with Crippen molar-refractivity contribution in [3.05, 3.63) is 35.4 Å². The van der Waals surface area contributed by atoms with Crippen molar-refractivity contribution in [3.63, 3.8) is 0 Å². The van der Waals surface area contributed by atoms with Gasteiger partial charge in [0.05, 0.1) is 17.7 Å². The molecule has 3 aliphatic rings. The molecule has 1 N–H and O–H groups in total. The number of carbonyl (C=O) groups excluding carboxylic acids is 6. The van der Waals surface area contributed by atoms with E-state index in [0.717, 1.165) is 35.7 Å². The summed E-state index contributed by atoms with van der Waals surface area (Å²) >= 11 is 0. The number of imide groups is 2. The Morgan fingerprint density at radius 2 is 1.68 bits per heavy atom. The van der Waals surface area contributed by atoms with E-state index >= 15 is 0 Å². The highest BCUT2D eigenvalue weighted by Crippen LogP contribution is 2.29. The summed E-state index contributed by atoms with van der Waals surface area (Å²) in [6.07, 6.45) is 1.97. The van der Waals surface area contributed by atoms with Crippen LogP contribution in [0.2, 0.25) is 0 Å². The third-order valence-electron chi connectivity index (χ3n) is 6.25. The number of nitrogens with one attached hydrogen (secondary N) is 1. The highest BCUT2D eigenvalue weighted by Gasteiger charge is 2.47. The van der Waals surface area contributed by atoms with E-state index < -0.39 is 48.4 Å². The van der Waals surface area contributed by atoms with Crippen LogP contribution in [0.25, 0.3) is 0 Å². The summed E-state index contributed by atoms with van der Waals surface area (Å²) < 4.78 is 5.11. The van der Waals surface area contributed by atoms with E-state index in [1.165, 1.54) is 19.1 Å². The number of carbonyl (C=O) groups is 6. The van der Waals surface area contributed by atoms with Gasteiger partial charge in [-0.3, -0.25) is 33.8 Å². The summed E-state index contributed by atoms with van der Waals surface area (Å²) in [5, 5.41) is 2.55. The maximum Gasteiger partial charge on any atom is 0.330 e. The molecule has 2 fully saturated rings. The van der Waals surface area contributed by atoms with Crippen LogP contribution in [-0.4, -0.2) is 88.7 Å². The molecule has 2 atom stereocenters. The standard InChI is InChI=1S/C23H26N4O7/c1-14(24-18(28)12-25-10-4-5-11-25)23(33)34-13-26-19(29)9-8-17(22(26)32)27-20(30)15-6-2-3-7-16(15)21(27)31/h2-3,6-7,14,17H,4-5,8-13H2,1H3,(H,24,28)/t14?,17-/m0/s1. The SMILES string of the molecule is CC(NC(=O)CN1CCCC1)C(=O)OCN1C(=O)CC[C@H](N2C(=O)c3ccccc3C2=O)C1=O. The maximum absolute atomic E-state index is 13.0. The Morgan fingerprint density at radius 1 is 1.06 bits per heavy atom. The Balaban J connectivity index is 1.35. The lowest BCUT2D eigenvalue weighted by Crippen LogP contribution is -2.57. The average molecular weight is 470 g/mol. The molecule has 4 rings (SSSR count). The fourth-order valence-corrected chi connectivity index (χ4v) is 4.43. The lowest BCUT2D eigenvalue weighted by Gasteiger charge is -2.34. The summed E-state index contributed by atoms with van der Waals surface area (Å²) in [6, 6.07) is 4.12. The van der Waals surface area contributed by atoms with Crippen LogP contribution in [-0.2, 0) is 23.9 Å². The molecule has 0 radical (unpaired) electrons. The molecule has 180 valence electrons. The van der Waals surface area contributed by atoms with Crippen LogP contribution in [0.1, 0.15) is 53.3 Å². The largest absolute Gasteiger partial charge is 0.442 e. The summed E-state index contributed by atoms with van der Waals surface area (Å²) in [7, 11) is 0. The van der Waals surface area contributed by atoms with Gasteiger partial charge in [0.25, 0.3) is 17.7 Å². The van der Waals surface area contributed by atoms with Crippen LogP contribution in [0.3, 0.4) is 0 Å². The smallest absolute Gasteiger partial charge is 0.330 e. The molecule has 0 aliphatic carbocycles. The number of ether oxygens (including phenoxy) is 1. The van der Waals surface area contributed by atoms with Crippen molar-refractivity contribution >= 4 is 35.5 Å². The molecular weight excluding hydrogens is 444 g/mol. The van der Waals surface area contributed by atoms with Crippen molar-refractivity contribution in [1.29, 1.82) is 0 Å². The predicted octanol–water partition coefficient (Wildman–Crippen LogP) is -0.0986. The van der Waals surface area contributed by atoms with Gasteiger partial charge in [-0.2, -0.15) is 0 Å². The van der Waals surface area contributed by atoms with Gasteiger partial charge in [-0.1, -0.05) is 12.1 Å². The number of nitrogens with zero attached hydrogens (tertiary/aromatic N) is 3. The van der Waals surface area contributed by atoms with E-state index in [4.69, 9.17) is 4.74 Å². The van der Waals surface area contributed by atoms with E-state index in [-0.39, 0.29) is 36.4 Å². The van der Waals surface area contributed by atoms with Crippen molar-refractivity contribution in [2.24, 2.45) is 0 Å². The fourth-order valence-electron chi connectivity index (χ4n) is 4.43. The predicted molar refractivity (Wildman–Crippen MR) is 116 cm³/mol. The minimum atomic E-state index is -1.17. The number of amides is 5. The molecule has 1 unspecified atom stereocenters. The zero-order chi connectivity index (χ0) is 24.4. The molecular formula is C23H26N4O7. The summed E-state index contributed by atoms with van der Waals surface area (Å²) in [6.45, 7) is 2.64. The molecule has 0 bridgehead atoms. The first-order valence-corrected chi connectivity index (χ1v) is 11.3. The first kappa shape index (κ1) is 23.6. The second kappa shape index (κ2) is 9.72. The maximum atomic E-state index is 13.0. The molecule has 11 heteroatoms. The zero-order valence-corrected chi connectivity index (χ0v) is 18.8. The number of hydrogen-bond donors (Lipinski definition) is 1. The topological polar surface area (TPSA) is 133 Å². The van der Waals surface area contributed by atoms with Crippen LogP contribution >= 0.6 is 0 Å². The molecule has 0 spiro atoms. The Bertz CT molecular complexity index is 1010. The number of rotatable bonds is 7. The fraction of sp³-hybridized carbons (Fsp3) is 0.478. The van der Waals surface area contributed by atoms with E-state index in [9.17, 15) is 28.8 Å². The van der Waals surface area contributed by atoms with Gasteiger partial charge in [0.2, 0.25) is 11.8 Å². The van der Waals surface area contributed by atoms with Crippen molar-refractivity contribution in [2.75, 3.05) is 26.4 Å². The summed E-state index contributed by atoms with van der Waals surface area (Å²) in [5.74, 6) is -3.68. The van der Waals surface area contributed by atoms with Gasteiger partial charge in [0.1, 0.15) is 12.1 Å². The Kier molecular flexibility index (Phi) is 6.73. The van der Waals surface area contributed by atoms with Gasteiger partial charge in [0, 0.05) is 6.42 Å². The van der Waals surface area contributed by atoms with Gasteiger partial charge in [0.15, 0.2) is 6.73 Å². The number of piperidine rings is 1. The van der Waals surface area contributed by atoms with Gasteiger partial charge >= 0.3 is 5.97 Å². The minimum absolute atomic E-state index is 0.00343. The Morgan fingerprint density at radius 3 is 2.29 bits per heavy atom. The zero-order valence-electron chi connectivity index (χ0n) is 18.8. The second-order valence-corrected chi connectivity index (χ2v) is 8.61. The molecule has 3 heterocycles. The lowest BCUT2D eigenvalue weighted by molar-refractivity contribution is -0.165. The molecule has 0 saturated carbocycles. The molecule has 34 heavy (non-hydrogen) atoms. The van der Waals surface area contributed by atoms with Gasteiger partial charge in [-0.25, -0.2) is 9.69 Å². The van der Waals surface area contributed by atoms with Gasteiger partial charge in [-0.15, -0.1) is 0 Å². The third-order valence-corrected chi connectivity index (χ3v) is 6.25. The first-order chi connectivity index (χ1) is 16.3. The summed E-state index contributed by atoms with van der Waals surface area (Å²) in [4.78, 5) is 78.9. The van der Waals surface area contributed by atoms with E-state index in [1.54, 1.807) is 12.1 Å². The molecule has 11 nitrogen and oxygen atoms in total. The third kappa shape index (κ3) is 4.56. The van der Waals surface area contributed by atoms with E-state index in [1.807, 2.05) is 4.90 Å². The molecule has 2 saturated heterocycles. The lowest BCUT2D eigenvalue weighted by atomic mass is 10.0. The monoisotopic (exact) mass is 470 g/mol. The summed E-state index contributed by atoms with van der Waals surface area (Å²) in [5.41, 5.74) is 0.405. The van der Waals surface area contributed by atoms with Crippen LogP contribution < -0.4 is 5.32 Å². The number of likely N-dealkylation sites (tertiary alicyclic amines) is 2. The van der Waals surface area contributed by atoms with E-state index in [2.05, 4.69) is 5.32 Å². The van der Waals surface area contributed by atoms with Crippen LogP contribution in [0, 0.1) is 0 Å². The van der Waals surface area contributed by atoms with Gasteiger partial charge in [-0.05, 0) is 51.4 Å². The number of hydrogen-bond acceptors (Lipinski definition) is 8. The quantitative estimate of drug-likeness (QED) is 0.432. The highest BCUT2D eigenvalue weighted by molar-refractivity contribution is 6.23. The Labute approximate surface area is 196 Å². The number of esters is 1. The second-order valence-electron chi connectivity index (χ2n) is 8.61. The Hall–Kier alpha value is -3.60. The van der Waals surface area contributed by atoms with Crippen LogP contribution in [0.15, 0.2) is 24.3 Å². The van der Waals surface area contributed by atoms with Crippen LogP contribution in [0.5, 0.6) is 0 Å². The molecule has 5 amide bonds.